The topological polar surface area (TPSA) is 23.5 Å². The molecular weight excluding hydrogens is 314 g/mol. The fourth-order valence-corrected chi connectivity index (χ4v) is 2.67. The summed E-state index contributed by atoms with van der Waals surface area (Å²) in [6.45, 7) is 6.85. The smallest absolute Gasteiger partial charge is 0.0782 e. The maximum Gasteiger partial charge on any atom is 0.0782 e. The van der Waals surface area contributed by atoms with Gasteiger partial charge in [0.25, 0.3) is 0 Å². The Morgan fingerprint density at radius 1 is 1.15 bits per heavy atom. The van der Waals surface area contributed by atoms with Crippen LogP contribution in [-0.2, 0) is 0 Å². The number of hydrogen-bond donors (Lipinski definition) is 1. The minimum absolute atomic E-state index is 0.488. The van der Waals surface area contributed by atoms with Gasteiger partial charge in [0.05, 0.1) is 6.10 Å². The summed E-state index contributed by atoms with van der Waals surface area (Å²) in [5.74, 6) is 0. The Labute approximate surface area is 129 Å². The summed E-state index contributed by atoms with van der Waals surface area (Å²) in [5, 5.41) is 9.99. The lowest BCUT2D eigenvalue weighted by atomic mass is 10.1. The number of hydrogen-bond acceptors (Lipinski definition) is 2. The Kier molecular flexibility index (Phi) is 4.84. The van der Waals surface area contributed by atoms with Crippen LogP contribution in [0.3, 0.4) is 0 Å². The van der Waals surface area contributed by atoms with Crippen LogP contribution in [0.15, 0.2) is 46.9 Å². The van der Waals surface area contributed by atoms with Crippen LogP contribution in [0.2, 0.25) is 0 Å². The Bertz CT molecular complexity index is 578. The van der Waals surface area contributed by atoms with E-state index in [0.29, 0.717) is 0 Å². The highest BCUT2D eigenvalue weighted by atomic mass is 79.9. The van der Waals surface area contributed by atoms with E-state index < -0.39 is 6.10 Å². The lowest BCUT2D eigenvalue weighted by Crippen LogP contribution is -2.18. The molecule has 106 valence electrons. The highest BCUT2D eigenvalue weighted by Crippen LogP contribution is 2.34. The molecule has 0 aromatic heterocycles. The number of aliphatic hydroxyl groups is 1. The largest absolute Gasteiger partial charge is 0.389 e. The average molecular weight is 334 g/mol. The molecule has 1 N–H and O–H groups in total. The van der Waals surface area contributed by atoms with Gasteiger partial charge in [-0.2, -0.15) is 0 Å². The summed E-state index contributed by atoms with van der Waals surface area (Å²) in [7, 11) is 0. The minimum Gasteiger partial charge on any atom is -0.389 e. The third-order valence-electron chi connectivity index (χ3n) is 3.40. The number of nitrogens with zero attached hydrogens (tertiary/aromatic N) is 1. The van der Waals surface area contributed by atoms with Gasteiger partial charge in [-0.15, -0.1) is 0 Å². The summed E-state index contributed by atoms with van der Waals surface area (Å²) in [6, 6.07) is 14.5. The minimum atomic E-state index is -0.488. The summed E-state index contributed by atoms with van der Waals surface area (Å²) in [6.07, 6.45) is -0.488. The van der Waals surface area contributed by atoms with Crippen LogP contribution in [0, 0.1) is 6.92 Å². The first-order valence-electron chi connectivity index (χ1n) is 6.84. The SMILES string of the molecule is CCN(c1ccc(C)cc1)c1cc(Br)ccc1C(C)O. The van der Waals surface area contributed by atoms with Crippen LogP contribution >= 0.6 is 15.9 Å². The van der Waals surface area contributed by atoms with Gasteiger partial charge in [-0.05, 0) is 45.0 Å². The van der Waals surface area contributed by atoms with Crippen molar-refractivity contribution >= 4 is 27.3 Å². The molecule has 20 heavy (non-hydrogen) atoms. The number of benzene rings is 2. The van der Waals surface area contributed by atoms with E-state index in [2.05, 4.69) is 65.0 Å². The fraction of sp³-hybridized carbons (Fsp3) is 0.294. The first kappa shape index (κ1) is 15.1. The number of rotatable bonds is 4. The van der Waals surface area contributed by atoms with Crippen molar-refractivity contribution in [3.63, 3.8) is 0 Å². The standard InChI is InChI=1S/C17H20BrNO/c1-4-19(15-8-5-12(2)6-9-15)17-11-14(18)7-10-16(17)13(3)20/h5-11,13,20H,4H2,1-3H3. The van der Waals surface area contributed by atoms with Crippen molar-refractivity contribution in [2.45, 2.75) is 26.9 Å². The zero-order valence-electron chi connectivity index (χ0n) is 12.1. The van der Waals surface area contributed by atoms with Crippen LogP contribution in [0.4, 0.5) is 11.4 Å². The molecule has 0 saturated heterocycles. The van der Waals surface area contributed by atoms with Crippen molar-refractivity contribution in [1.82, 2.24) is 0 Å². The molecule has 3 heteroatoms. The monoisotopic (exact) mass is 333 g/mol. The zero-order chi connectivity index (χ0) is 14.7. The summed E-state index contributed by atoms with van der Waals surface area (Å²) in [5.41, 5.74) is 4.37. The number of aryl methyl sites for hydroxylation is 1. The quantitative estimate of drug-likeness (QED) is 0.853. The molecule has 0 aliphatic carbocycles. The van der Waals surface area contributed by atoms with Gasteiger partial charge in [-0.3, -0.25) is 0 Å². The number of aliphatic hydroxyl groups excluding tert-OH is 1. The molecule has 0 saturated carbocycles. The maximum absolute atomic E-state index is 9.99. The molecule has 0 amide bonds. The van der Waals surface area contributed by atoms with Gasteiger partial charge in [0, 0.05) is 28.0 Å². The van der Waals surface area contributed by atoms with E-state index in [1.54, 1.807) is 6.92 Å². The first-order valence-corrected chi connectivity index (χ1v) is 7.64. The van der Waals surface area contributed by atoms with E-state index >= 15 is 0 Å². The molecule has 2 rings (SSSR count). The van der Waals surface area contributed by atoms with Crippen LogP contribution < -0.4 is 4.90 Å². The molecule has 0 radical (unpaired) electrons. The second-order valence-electron chi connectivity index (χ2n) is 4.96. The van der Waals surface area contributed by atoms with E-state index in [0.717, 1.165) is 28.0 Å². The molecule has 2 aromatic carbocycles. The molecule has 0 aliphatic rings. The highest BCUT2D eigenvalue weighted by Gasteiger charge is 2.15. The molecule has 0 aliphatic heterocycles. The van der Waals surface area contributed by atoms with Gasteiger partial charge in [-0.25, -0.2) is 0 Å². The van der Waals surface area contributed by atoms with Crippen LogP contribution in [0.5, 0.6) is 0 Å². The van der Waals surface area contributed by atoms with Crippen LogP contribution in [0.1, 0.15) is 31.1 Å². The van der Waals surface area contributed by atoms with Crippen molar-refractivity contribution in [3.05, 3.63) is 58.1 Å². The fourth-order valence-electron chi connectivity index (χ4n) is 2.32. The Morgan fingerprint density at radius 3 is 2.35 bits per heavy atom. The van der Waals surface area contributed by atoms with Gasteiger partial charge in [0.1, 0.15) is 0 Å². The van der Waals surface area contributed by atoms with Gasteiger partial charge < -0.3 is 10.0 Å². The van der Waals surface area contributed by atoms with E-state index in [-0.39, 0.29) is 0 Å². The van der Waals surface area contributed by atoms with E-state index in [4.69, 9.17) is 0 Å². The molecule has 0 heterocycles. The predicted octanol–water partition coefficient (Wildman–Crippen LogP) is 4.97. The van der Waals surface area contributed by atoms with E-state index in [9.17, 15) is 5.11 Å². The summed E-state index contributed by atoms with van der Waals surface area (Å²) >= 11 is 3.52. The van der Waals surface area contributed by atoms with Gasteiger partial charge in [0.2, 0.25) is 0 Å². The van der Waals surface area contributed by atoms with E-state index in [1.807, 2.05) is 12.1 Å². The maximum atomic E-state index is 9.99. The van der Waals surface area contributed by atoms with Gasteiger partial charge in [-0.1, -0.05) is 39.7 Å². The Balaban J connectivity index is 2.51. The predicted molar refractivity (Wildman–Crippen MR) is 88.6 cm³/mol. The third-order valence-corrected chi connectivity index (χ3v) is 3.89. The van der Waals surface area contributed by atoms with Gasteiger partial charge >= 0.3 is 0 Å². The van der Waals surface area contributed by atoms with E-state index in [1.165, 1.54) is 5.56 Å². The second kappa shape index (κ2) is 6.42. The van der Waals surface area contributed by atoms with Crippen molar-refractivity contribution < 1.29 is 5.11 Å². The summed E-state index contributed by atoms with van der Waals surface area (Å²) in [4.78, 5) is 2.21. The molecule has 0 fully saturated rings. The van der Waals surface area contributed by atoms with Crippen molar-refractivity contribution in [1.29, 1.82) is 0 Å². The van der Waals surface area contributed by atoms with Crippen LogP contribution in [0.25, 0.3) is 0 Å². The van der Waals surface area contributed by atoms with Gasteiger partial charge in [0.15, 0.2) is 0 Å². The lowest BCUT2D eigenvalue weighted by molar-refractivity contribution is 0.199. The lowest BCUT2D eigenvalue weighted by Gasteiger charge is -2.27. The molecule has 2 nitrogen and oxygen atoms in total. The zero-order valence-corrected chi connectivity index (χ0v) is 13.7. The molecular formula is C17H20BrNO. The molecule has 0 spiro atoms. The number of halogens is 1. The molecule has 2 aromatic rings. The third kappa shape index (κ3) is 3.22. The Hall–Kier alpha value is -1.32. The first-order chi connectivity index (χ1) is 9.52. The van der Waals surface area contributed by atoms with Crippen molar-refractivity contribution in [2.24, 2.45) is 0 Å². The molecule has 1 atom stereocenters. The highest BCUT2D eigenvalue weighted by molar-refractivity contribution is 9.10. The number of anilines is 2. The van der Waals surface area contributed by atoms with Crippen molar-refractivity contribution in [3.8, 4) is 0 Å². The molecule has 0 bridgehead atoms. The van der Waals surface area contributed by atoms with Crippen molar-refractivity contribution in [2.75, 3.05) is 11.4 Å². The Morgan fingerprint density at radius 2 is 1.80 bits per heavy atom. The average Bonchev–Trinajstić information content (AvgIpc) is 2.41. The summed E-state index contributed by atoms with van der Waals surface area (Å²) < 4.78 is 1.02. The second-order valence-corrected chi connectivity index (χ2v) is 5.87. The van der Waals surface area contributed by atoms with Crippen LogP contribution in [-0.4, -0.2) is 11.7 Å². The normalized spacial score (nSPS) is 12.2. The molecule has 1 unspecified atom stereocenters.